The quantitative estimate of drug-likeness (QED) is 0.783. The summed E-state index contributed by atoms with van der Waals surface area (Å²) in [6.45, 7) is 4.34. The van der Waals surface area contributed by atoms with E-state index >= 15 is 0 Å². The van der Waals surface area contributed by atoms with Crippen molar-refractivity contribution in [3.8, 4) is 0 Å². The first-order valence-corrected chi connectivity index (χ1v) is 8.97. The zero-order valence-corrected chi connectivity index (χ0v) is 14.4. The Morgan fingerprint density at radius 1 is 1.30 bits per heavy atom. The van der Waals surface area contributed by atoms with Gasteiger partial charge >= 0.3 is 0 Å². The lowest BCUT2D eigenvalue weighted by molar-refractivity contribution is 0.147. The highest BCUT2D eigenvalue weighted by molar-refractivity contribution is 6.32. The molecule has 2 aliphatic heterocycles. The summed E-state index contributed by atoms with van der Waals surface area (Å²) in [5, 5.41) is 9.23. The maximum absolute atomic E-state index is 6.52. The van der Waals surface area contributed by atoms with Crippen LogP contribution in [0, 0.1) is 0 Å². The molecule has 1 atom stereocenters. The molecule has 0 bridgehead atoms. The normalized spacial score (nSPS) is 24.5. The lowest BCUT2D eigenvalue weighted by Crippen LogP contribution is -2.50. The number of aliphatic imine (C=N–C) groups is 1. The molecule has 3 heterocycles. The Morgan fingerprint density at radius 3 is 2.78 bits per heavy atom. The average Bonchev–Trinajstić information content (AvgIpc) is 2.91. The Hall–Kier alpha value is -1.62. The molecule has 1 aliphatic carbocycles. The molecule has 0 aromatic carbocycles. The first-order chi connectivity index (χ1) is 11.2. The van der Waals surface area contributed by atoms with Crippen LogP contribution < -0.4 is 0 Å². The molecule has 5 nitrogen and oxygen atoms in total. The Balaban J connectivity index is 1.89. The van der Waals surface area contributed by atoms with Gasteiger partial charge in [0, 0.05) is 6.04 Å². The van der Waals surface area contributed by atoms with Gasteiger partial charge < -0.3 is 4.90 Å². The Bertz CT molecular complexity index is 710. The zero-order valence-electron chi connectivity index (χ0n) is 13.7. The molecular weight excluding hydrogens is 310 g/mol. The molecule has 0 N–H and O–H groups in total. The van der Waals surface area contributed by atoms with E-state index in [4.69, 9.17) is 16.6 Å². The second kappa shape index (κ2) is 5.78. The van der Waals surface area contributed by atoms with Crippen molar-refractivity contribution in [3.05, 3.63) is 29.0 Å². The van der Waals surface area contributed by atoms with Crippen molar-refractivity contribution in [2.75, 3.05) is 0 Å². The van der Waals surface area contributed by atoms with Gasteiger partial charge in [-0.25, -0.2) is 4.99 Å². The van der Waals surface area contributed by atoms with Crippen LogP contribution in [0.15, 0.2) is 28.1 Å². The third-order valence-electron chi connectivity index (χ3n) is 5.26. The molecule has 122 valence electrons. The Morgan fingerprint density at radius 2 is 2.13 bits per heavy atom. The van der Waals surface area contributed by atoms with E-state index in [1.54, 1.807) is 0 Å². The SMILES string of the molecule is CCC1=C(Cl)N=C2C(=CC1)n1cnnc1C(CC)N2C1CCC1. The van der Waals surface area contributed by atoms with Gasteiger partial charge in [0.25, 0.3) is 0 Å². The summed E-state index contributed by atoms with van der Waals surface area (Å²) in [5.74, 6) is 2.03. The fraction of sp³-hybridized carbons (Fsp3) is 0.588. The molecule has 6 heteroatoms. The molecule has 1 saturated carbocycles. The van der Waals surface area contributed by atoms with Gasteiger partial charge in [-0.3, -0.25) is 4.57 Å². The van der Waals surface area contributed by atoms with Gasteiger partial charge in [0.15, 0.2) is 11.7 Å². The van der Waals surface area contributed by atoms with Crippen molar-refractivity contribution in [2.24, 2.45) is 4.99 Å². The van der Waals surface area contributed by atoms with Gasteiger partial charge in [-0.1, -0.05) is 31.5 Å². The molecule has 0 amide bonds. The number of halogens is 1. The van der Waals surface area contributed by atoms with Crippen LogP contribution in [-0.4, -0.2) is 31.5 Å². The summed E-state index contributed by atoms with van der Waals surface area (Å²) < 4.78 is 2.10. The van der Waals surface area contributed by atoms with Crippen LogP contribution in [-0.2, 0) is 0 Å². The number of amidine groups is 1. The molecule has 1 aromatic heterocycles. The van der Waals surface area contributed by atoms with Crippen LogP contribution in [0.1, 0.15) is 64.2 Å². The number of rotatable bonds is 3. The van der Waals surface area contributed by atoms with Crippen LogP contribution in [0.4, 0.5) is 0 Å². The minimum atomic E-state index is 0.228. The monoisotopic (exact) mass is 331 g/mol. The van der Waals surface area contributed by atoms with Crippen LogP contribution in [0.5, 0.6) is 0 Å². The van der Waals surface area contributed by atoms with Gasteiger partial charge in [0.05, 0.1) is 11.7 Å². The maximum Gasteiger partial charge on any atom is 0.160 e. The van der Waals surface area contributed by atoms with Crippen LogP contribution in [0.2, 0.25) is 0 Å². The van der Waals surface area contributed by atoms with Crippen LogP contribution in [0.25, 0.3) is 5.70 Å². The fourth-order valence-corrected chi connectivity index (χ4v) is 4.00. The van der Waals surface area contributed by atoms with Gasteiger partial charge in [0.1, 0.15) is 11.5 Å². The first kappa shape index (κ1) is 14.9. The minimum Gasteiger partial charge on any atom is -0.342 e. The number of nitrogens with zero attached hydrogens (tertiary/aromatic N) is 5. The van der Waals surface area contributed by atoms with Crippen molar-refractivity contribution in [2.45, 2.75) is 64.5 Å². The van der Waals surface area contributed by atoms with E-state index in [1.807, 2.05) is 6.33 Å². The average molecular weight is 332 g/mol. The van der Waals surface area contributed by atoms with Crippen LogP contribution >= 0.6 is 11.6 Å². The Kier molecular flexibility index (Phi) is 3.76. The molecule has 0 saturated heterocycles. The highest BCUT2D eigenvalue weighted by atomic mass is 35.5. The van der Waals surface area contributed by atoms with Crippen molar-refractivity contribution in [3.63, 3.8) is 0 Å². The topological polar surface area (TPSA) is 46.3 Å². The molecule has 23 heavy (non-hydrogen) atoms. The second-order valence-electron chi connectivity index (χ2n) is 6.45. The van der Waals surface area contributed by atoms with Gasteiger partial charge in [0.2, 0.25) is 0 Å². The number of allylic oxidation sites excluding steroid dienone is 2. The van der Waals surface area contributed by atoms with E-state index in [2.05, 4.69) is 39.6 Å². The summed E-state index contributed by atoms with van der Waals surface area (Å²) in [7, 11) is 0. The zero-order chi connectivity index (χ0) is 16.0. The highest BCUT2D eigenvalue weighted by Gasteiger charge is 2.41. The van der Waals surface area contributed by atoms with E-state index in [0.29, 0.717) is 11.2 Å². The standard InChI is InChI=1S/C17H22ClN5/c1-3-11-8-9-14-16(20-15(11)18)23(12-6-5-7-12)13(4-2)17-21-19-10-22(14)17/h9-10,12-13H,3-8H2,1-2H3. The Labute approximate surface area is 141 Å². The highest BCUT2D eigenvalue weighted by Crippen LogP contribution is 2.41. The van der Waals surface area contributed by atoms with E-state index in [0.717, 1.165) is 36.6 Å². The summed E-state index contributed by atoms with van der Waals surface area (Å²) in [6, 6.07) is 0.770. The van der Waals surface area contributed by atoms with Gasteiger partial charge in [-0.05, 0) is 44.1 Å². The first-order valence-electron chi connectivity index (χ1n) is 8.60. The molecular formula is C17H22ClN5. The number of hydrogen-bond acceptors (Lipinski definition) is 4. The summed E-state index contributed by atoms with van der Waals surface area (Å²) >= 11 is 6.52. The number of hydrogen-bond donors (Lipinski definition) is 0. The molecule has 0 spiro atoms. The summed E-state index contributed by atoms with van der Waals surface area (Å²) in [5.41, 5.74) is 2.28. The molecule has 4 rings (SSSR count). The molecule has 1 aromatic rings. The number of aromatic nitrogens is 3. The predicted octanol–water partition coefficient (Wildman–Crippen LogP) is 4.10. The third-order valence-corrected chi connectivity index (χ3v) is 5.61. The number of fused-ring (bicyclic) bond motifs is 3. The third kappa shape index (κ3) is 2.24. The predicted molar refractivity (Wildman–Crippen MR) is 92.0 cm³/mol. The molecule has 1 unspecified atom stereocenters. The summed E-state index contributed by atoms with van der Waals surface area (Å²) in [4.78, 5) is 7.31. The smallest absolute Gasteiger partial charge is 0.160 e. The van der Waals surface area contributed by atoms with Crippen molar-refractivity contribution >= 4 is 23.1 Å². The minimum absolute atomic E-state index is 0.228. The van der Waals surface area contributed by atoms with E-state index < -0.39 is 0 Å². The van der Waals surface area contributed by atoms with Gasteiger partial charge in [-0.15, -0.1) is 10.2 Å². The van der Waals surface area contributed by atoms with Crippen molar-refractivity contribution < 1.29 is 0 Å². The molecule has 3 aliphatic rings. The lowest BCUT2D eigenvalue weighted by atomic mass is 9.88. The molecule has 1 fully saturated rings. The molecule has 0 radical (unpaired) electrons. The van der Waals surface area contributed by atoms with Crippen molar-refractivity contribution in [1.29, 1.82) is 0 Å². The maximum atomic E-state index is 6.52. The van der Waals surface area contributed by atoms with Crippen LogP contribution in [0.3, 0.4) is 0 Å². The second-order valence-corrected chi connectivity index (χ2v) is 6.81. The lowest BCUT2D eigenvalue weighted by Gasteiger charge is -2.46. The van der Waals surface area contributed by atoms with E-state index in [1.165, 1.54) is 24.8 Å². The van der Waals surface area contributed by atoms with E-state index in [-0.39, 0.29) is 6.04 Å². The fourth-order valence-electron chi connectivity index (χ4n) is 3.71. The van der Waals surface area contributed by atoms with E-state index in [9.17, 15) is 0 Å². The van der Waals surface area contributed by atoms with Gasteiger partial charge in [-0.2, -0.15) is 0 Å². The summed E-state index contributed by atoms with van der Waals surface area (Å²) in [6.07, 6.45) is 10.5. The largest absolute Gasteiger partial charge is 0.342 e. The van der Waals surface area contributed by atoms with Crippen molar-refractivity contribution in [1.82, 2.24) is 19.7 Å².